The van der Waals surface area contributed by atoms with Crippen LogP contribution in [0.2, 0.25) is 0 Å². The number of hydrogen-bond donors (Lipinski definition) is 1. The first kappa shape index (κ1) is 25.9. The van der Waals surface area contributed by atoms with Gasteiger partial charge in [0, 0.05) is 51.9 Å². The van der Waals surface area contributed by atoms with Crippen molar-refractivity contribution < 1.29 is 9.13 Å². The van der Waals surface area contributed by atoms with E-state index in [1.165, 1.54) is 5.56 Å². The molecule has 0 spiro atoms. The molecule has 1 N–H and O–H groups in total. The number of halogens is 2. The van der Waals surface area contributed by atoms with Crippen LogP contribution in [0.15, 0.2) is 53.5 Å². The van der Waals surface area contributed by atoms with E-state index in [2.05, 4.69) is 50.4 Å². The second kappa shape index (κ2) is 12.1. The number of nitrogens with one attached hydrogen (secondary N) is 1. The summed E-state index contributed by atoms with van der Waals surface area (Å²) >= 11 is 0. The first-order valence-electron chi connectivity index (χ1n) is 11.3. The van der Waals surface area contributed by atoms with E-state index in [-0.39, 0.29) is 35.9 Å². The van der Waals surface area contributed by atoms with Crippen molar-refractivity contribution in [1.29, 1.82) is 0 Å². The van der Waals surface area contributed by atoms with E-state index in [1.807, 2.05) is 38.2 Å². The van der Waals surface area contributed by atoms with Crippen molar-refractivity contribution in [2.24, 2.45) is 4.99 Å². The highest BCUT2D eigenvalue weighted by atomic mass is 127. The summed E-state index contributed by atoms with van der Waals surface area (Å²) in [5, 5.41) is 3.47. The molecule has 2 unspecified atom stereocenters. The minimum atomic E-state index is -0.161. The predicted molar refractivity (Wildman–Crippen MR) is 141 cm³/mol. The number of likely N-dealkylation sites (tertiary alicyclic amines) is 1. The van der Waals surface area contributed by atoms with Gasteiger partial charge in [0.1, 0.15) is 5.82 Å². The van der Waals surface area contributed by atoms with Gasteiger partial charge in [0.15, 0.2) is 5.96 Å². The number of benzene rings is 2. The van der Waals surface area contributed by atoms with Gasteiger partial charge in [-0.15, -0.1) is 24.0 Å². The molecule has 0 bridgehead atoms. The van der Waals surface area contributed by atoms with Gasteiger partial charge in [-0.25, -0.2) is 4.39 Å². The molecule has 0 radical (unpaired) electrons. The molecular formula is C25H35FIN5O. The summed E-state index contributed by atoms with van der Waals surface area (Å²) in [7, 11) is 5.71. The molecule has 0 aromatic heterocycles. The van der Waals surface area contributed by atoms with Crippen LogP contribution in [0.4, 0.5) is 4.39 Å². The Bertz CT molecular complexity index is 926. The third kappa shape index (κ3) is 6.65. The van der Waals surface area contributed by atoms with Crippen molar-refractivity contribution in [3.63, 3.8) is 0 Å². The molecule has 2 atom stereocenters. The molecule has 2 aliphatic rings. The van der Waals surface area contributed by atoms with Gasteiger partial charge < -0.3 is 19.9 Å². The van der Waals surface area contributed by atoms with Crippen LogP contribution in [0.1, 0.15) is 16.7 Å². The first-order chi connectivity index (χ1) is 15.5. The van der Waals surface area contributed by atoms with E-state index in [4.69, 9.17) is 4.74 Å². The van der Waals surface area contributed by atoms with Gasteiger partial charge in [0.25, 0.3) is 0 Å². The van der Waals surface area contributed by atoms with Crippen LogP contribution in [0.5, 0.6) is 0 Å². The van der Waals surface area contributed by atoms with Gasteiger partial charge in [0.2, 0.25) is 0 Å². The van der Waals surface area contributed by atoms with Crippen LogP contribution >= 0.6 is 24.0 Å². The smallest absolute Gasteiger partial charge is 0.194 e. The molecule has 0 aliphatic carbocycles. The number of guanidine groups is 1. The summed E-state index contributed by atoms with van der Waals surface area (Å²) in [4.78, 5) is 11.3. The Hall–Kier alpha value is -1.75. The number of ether oxygens (including phenoxy) is 1. The summed E-state index contributed by atoms with van der Waals surface area (Å²) in [6.45, 7) is 5.54. The zero-order valence-electron chi connectivity index (χ0n) is 19.7. The molecule has 2 aromatic carbocycles. The lowest BCUT2D eigenvalue weighted by Crippen LogP contribution is -2.50. The lowest BCUT2D eigenvalue weighted by atomic mass is 10.1. The summed E-state index contributed by atoms with van der Waals surface area (Å²) in [5.74, 6) is 0.701. The summed E-state index contributed by atoms with van der Waals surface area (Å²) < 4.78 is 20.2. The highest BCUT2D eigenvalue weighted by Gasteiger charge is 2.41. The molecule has 2 heterocycles. The Balaban J connectivity index is 0.00000306. The molecule has 2 fully saturated rings. The van der Waals surface area contributed by atoms with Crippen LogP contribution in [0, 0.1) is 5.82 Å². The van der Waals surface area contributed by atoms with Crippen LogP contribution in [0.25, 0.3) is 0 Å². The van der Waals surface area contributed by atoms with Crippen molar-refractivity contribution >= 4 is 29.9 Å². The molecule has 8 heteroatoms. The van der Waals surface area contributed by atoms with E-state index in [1.54, 1.807) is 6.07 Å². The minimum absolute atomic E-state index is 0. The lowest BCUT2D eigenvalue weighted by Gasteiger charge is -2.36. The van der Waals surface area contributed by atoms with Gasteiger partial charge in [-0.1, -0.05) is 36.4 Å². The average molecular weight is 567 g/mol. The molecule has 0 amide bonds. The maximum absolute atomic E-state index is 14.1. The van der Waals surface area contributed by atoms with Crippen LogP contribution in [-0.2, 0) is 24.4 Å². The molecule has 2 aliphatic heterocycles. The Kier molecular flexibility index (Phi) is 9.48. The van der Waals surface area contributed by atoms with Crippen LogP contribution in [0.3, 0.4) is 0 Å². The van der Waals surface area contributed by atoms with E-state index in [0.717, 1.165) is 44.3 Å². The van der Waals surface area contributed by atoms with E-state index >= 15 is 0 Å². The van der Waals surface area contributed by atoms with Gasteiger partial charge >= 0.3 is 0 Å². The third-order valence-corrected chi connectivity index (χ3v) is 6.20. The topological polar surface area (TPSA) is 43.3 Å². The Morgan fingerprint density at radius 1 is 1.15 bits per heavy atom. The van der Waals surface area contributed by atoms with Crippen molar-refractivity contribution in [3.8, 4) is 0 Å². The van der Waals surface area contributed by atoms with Gasteiger partial charge in [0.05, 0.1) is 18.8 Å². The first-order valence-corrected chi connectivity index (χ1v) is 11.3. The molecule has 0 saturated carbocycles. The quantitative estimate of drug-likeness (QED) is 0.330. The monoisotopic (exact) mass is 567 g/mol. The number of fused-ring (bicyclic) bond motifs is 1. The lowest BCUT2D eigenvalue weighted by molar-refractivity contribution is -0.0502. The Morgan fingerprint density at radius 3 is 2.67 bits per heavy atom. The summed E-state index contributed by atoms with van der Waals surface area (Å²) in [5.41, 5.74) is 3.09. The highest BCUT2D eigenvalue weighted by Crippen LogP contribution is 2.25. The fourth-order valence-electron chi connectivity index (χ4n) is 4.66. The van der Waals surface area contributed by atoms with Crippen molar-refractivity contribution in [2.45, 2.75) is 31.8 Å². The van der Waals surface area contributed by atoms with Crippen molar-refractivity contribution in [2.75, 3.05) is 47.4 Å². The highest BCUT2D eigenvalue weighted by molar-refractivity contribution is 14.0. The molecule has 180 valence electrons. The molecule has 2 aromatic rings. The summed E-state index contributed by atoms with van der Waals surface area (Å²) in [6, 6.07) is 16.3. The third-order valence-electron chi connectivity index (χ3n) is 6.20. The number of nitrogens with zero attached hydrogens (tertiary/aromatic N) is 4. The maximum atomic E-state index is 14.1. The number of hydrogen-bond acceptors (Lipinski definition) is 4. The molecular weight excluding hydrogens is 532 g/mol. The zero-order chi connectivity index (χ0) is 22.5. The van der Waals surface area contributed by atoms with Crippen molar-refractivity contribution in [1.82, 2.24) is 20.0 Å². The van der Waals surface area contributed by atoms with E-state index in [0.29, 0.717) is 24.7 Å². The van der Waals surface area contributed by atoms with E-state index in [9.17, 15) is 4.39 Å². The Labute approximate surface area is 213 Å². The molecule has 6 nitrogen and oxygen atoms in total. The second-order valence-corrected chi connectivity index (χ2v) is 8.90. The number of aliphatic imine (C=N–C) groups is 1. The number of rotatable bonds is 6. The van der Waals surface area contributed by atoms with Crippen LogP contribution < -0.4 is 5.32 Å². The second-order valence-electron chi connectivity index (χ2n) is 8.90. The van der Waals surface area contributed by atoms with E-state index < -0.39 is 0 Å². The minimum Gasteiger partial charge on any atom is -0.373 e. The zero-order valence-corrected chi connectivity index (χ0v) is 22.0. The number of morpholine rings is 1. The fraction of sp³-hybridized carbons (Fsp3) is 0.480. The largest absolute Gasteiger partial charge is 0.373 e. The average Bonchev–Trinajstić information content (AvgIpc) is 3.22. The molecule has 33 heavy (non-hydrogen) atoms. The summed E-state index contributed by atoms with van der Waals surface area (Å²) in [6.07, 6.45) is 0.184. The predicted octanol–water partition coefficient (Wildman–Crippen LogP) is 3.17. The SMILES string of the molecule is CN=C(NCc1ccc(F)c(CN(C)C)c1)N1CC2OCCN(Cc3ccccc3)C2C1.I. The fourth-order valence-corrected chi connectivity index (χ4v) is 4.66. The molecule has 4 rings (SSSR count). The standard InChI is InChI=1S/C25H34FN5O.HI/c1-27-25(28-14-20-9-10-22(26)21(13-20)16-29(2)3)31-17-23-24(18-31)32-12-11-30(23)15-19-7-5-4-6-8-19;/h4-10,13,23-24H,11-12,14-18H2,1-3H3,(H,27,28);1H. The van der Waals surface area contributed by atoms with Crippen LogP contribution in [-0.4, -0.2) is 80.2 Å². The van der Waals surface area contributed by atoms with Gasteiger partial charge in [-0.05, 0) is 37.4 Å². The Morgan fingerprint density at radius 2 is 1.94 bits per heavy atom. The maximum Gasteiger partial charge on any atom is 0.194 e. The van der Waals surface area contributed by atoms with Crippen molar-refractivity contribution in [3.05, 3.63) is 71.0 Å². The molecule has 2 saturated heterocycles. The normalized spacial score (nSPS) is 21.1. The van der Waals surface area contributed by atoms with Gasteiger partial charge in [-0.3, -0.25) is 9.89 Å². The van der Waals surface area contributed by atoms with Gasteiger partial charge in [-0.2, -0.15) is 0 Å².